The maximum atomic E-state index is 10.8. The number of ether oxygens (including phenoxy) is 2. The van der Waals surface area contributed by atoms with Crippen molar-refractivity contribution in [3.63, 3.8) is 0 Å². The Kier molecular flexibility index (Phi) is 5.23. The summed E-state index contributed by atoms with van der Waals surface area (Å²) in [5.74, 6) is -0.325. The van der Waals surface area contributed by atoms with Crippen molar-refractivity contribution in [2.45, 2.75) is 13.0 Å². The minimum absolute atomic E-state index is 0.230. The molecule has 92 valence electrons. The molecule has 1 rings (SSSR count). The van der Waals surface area contributed by atoms with Gasteiger partial charge < -0.3 is 14.6 Å². The Labute approximate surface area is 100 Å². The van der Waals surface area contributed by atoms with Crippen molar-refractivity contribution in [2.24, 2.45) is 0 Å². The van der Waals surface area contributed by atoms with E-state index in [0.29, 0.717) is 19.0 Å². The molecule has 0 heterocycles. The quantitative estimate of drug-likeness (QED) is 0.583. The Morgan fingerprint density at radius 2 is 2.29 bits per heavy atom. The van der Waals surface area contributed by atoms with Crippen LogP contribution in [0.2, 0.25) is 0 Å². The van der Waals surface area contributed by atoms with Gasteiger partial charge in [0, 0.05) is 5.56 Å². The van der Waals surface area contributed by atoms with Gasteiger partial charge in [0.05, 0.1) is 25.9 Å². The molecule has 0 amide bonds. The summed E-state index contributed by atoms with van der Waals surface area (Å²) >= 11 is 0. The number of benzene rings is 1. The lowest BCUT2D eigenvalue weighted by atomic mass is 10.1. The lowest BCUT2D eigenvalue weighted by Gasteiger charge is -2.09. The van der Waals surface area contributed by atoms with Crippen LogP contribution in [-0.2, 0) is 11.3 Å². The van der Waals surface area contributed by atoms with Crippen molar-refractivity contribution in [3.8, 4) is 5.75 Å². The second-order valence-corrected chi connectivity index (χ2v) is 3.46. The number of hydrogen-bond acceptors (Lipinski definition) is 3. The third-order valence-corrected chi connectivity index (χ3v) is 2.25. The summed E-state index contributed by atoms with van der Waals surface area (Å²) in [6.07, 6.45) is 2.53. The molecule has 17 heavy (non-hydrogen) atoms. The minimum Gasteiger partial charge on any atom is -0.496 e. The molecule has 1 aromatic carbocycles. The van der Waals surface area contributed by atoms with E-state index in [1.165, 1.54) is 6.07 Å². The second-order valence-electron chi connectivity index (χ2n) is 3.46. The molecule has 0 aliphatic heterocycles. The molecule has 0 unspecified atom stereocenters. The van der Waals surface area contributed by atoms with Gasteiger partial charge in [-0.3, -0.25) is 0 Å². The molecule has 1 N–H and O–H groups in total. The summed E-state index contributed by atoms with van der Waals surface area (Å²) < 4.78 is 10.5. The molecular formula is C13H16O4. The minimum atomic E-state index is -0.958. The Hall–Kier alpha value is -1.81. The van der Waals surface area contributed by atoms with Gasteiger partial charge in [0.1, 0.15) is 5.75 Å². The molecule has 0 aliphatic rings. The van der Waals surface area contributed by atoms with Gasteiger partial charge in [-0.25, -0.2) is 4.79 Å². The average molecular weight is 236 g/mol. The molecule has 0 saturated carbocycles. The molecule has 0 aromatic heterocycles. The highest BCUT2D eigenvalue weighted by atomic mass is 16.5. The van der Waals surface area contributed by atoms with Crippen LogP contribution in [0, 0.1) is 0 Å². The van der Waals surface area contributed by atoms with Crippen LogP contribution in [0.25, 0.3) is 0 Å². The Morgan fingerprint density at radius 1 is 1.53 bits per heavy atom. The van der Waals surface area contributed by atoms with Crippen molar-refractivity contribution in [1.82, 2.24) is 0 Å². The Bertz CT molecular complexity index is 398. The van der Waals surface area contributed by atoms with Gasteiger partial charge in [0.15, 0.2) is 0 Å². The van der Waals surface area contributed by atoms with Crippen LogP contribution in [0.5, 0.6) is 5.75 Å². The van der Waals surface area contributed by atoms with E-state index in [9.17, 15) is 4.79 Å². The topological polar surface area (TPSA) is 55.8 Å². The summed E-state index contributed by atoms with van der Waals surface area (Å²) in [6.45, 7) is 4.48. The molecule has 0 atom stereocenters. The zero-order valence-corrected chi connectivity index (χ0v) is 9.81. The van der Waals surface area contributed by atoms with Gasteiger partial charge in [0.25, 0.3) is 0 Å². The number of hydrogen-bond donors (Lipinski definition) is 1. The predicted molar refractivity (Wildman–Crippen MR) is 64.4 cm³/mol. The zero-order chi connectivity index (χ0) is 12.7. The van der Waals surface area contributed by atoms with Gasteiger partial charge in [-0.1, -0.05) is 6.08 Å². The Balaban J connectivity index is 2.75. The molecule has 1 aromatic rings. The van der Waals surface area contributed by atoms with Crippen LogP contribution in [0.1, 0.15) is 22.3 Å². The molecule has 0 fully saturated rings. The van der Waals surface area contributed by atoms with Crippen molar-refractivity contribution >= 4 is 5.97 Å². The third-order valence-electron chi connectivity index (χ3n) is 2.25. The van der Waals surface area contributed by atoms with Crippen LogP contribution in [0.3, 0.4) is 0 Å². The number of methoxy groups -OCH3 is 1. The van der Waals surface area contributed by atoms with Gasteiger partial charge in [-0.2, -0.15) is 0 Å². The number of aromatic carboxylic acids is 1. The van der Waals surface area contributed by atoms with E-state index >= 15 is 0 Å². The van der Waals surface area contributed by atoms with Crippen LogP contribution in [0.15, 0.2) is 30.9 Å². The fourth-order valence-electron chi connectivity index (χ4n) is 1.37. The molecule has 4 heteroatoms. The van der Waals surface area contributed by atoms with E-state index in [1.54, 1.807) is 25.3 Å². The number of rotatable bonds is 7. The molecule has 0 saturated heterocycles. The SMILES string of the molecule is C=CCCOCc1cc(C(=O)O)ccc1OC. The van der Waals surface area contributed by atoms with E-state index in [2.05, 4.69) is 6.58 Å². The largest absolute Gasteiger partial charge is 0.496 e. The number of carbonyl (C=O) groups is 1. The van der Waals surface area contributed by atoms with Gasteiger partial charge in [-0.05, 0) is 24.6 Å². The smallest absolute Gasteiger partial charge is 0.335 e. The molecule has 0 aliphatic carbocycles. The molecule has 0 spiro atoms. The summed E-state index contributed by atoms with van der Waals surface area (Å²) in [6, 6.07) is 4.71. The first-order valence-corrected chi connectivity index (χ1v) is 5.28. The van der Waals surface area contributed by atoms with Gasteiger partial charge >= 0.3 is 5.97 Å². The maximum absolute atomic E-state index is 10.8. The van der Waals surface area contributed by atoms with E-state index in [1.807, 2.05) is 0 Å². The normalized spacial score (nSPS) is 9.94. The molecule has 4 nitrogen and oxygen atoms in total. The maximum Gasteiger partial charge on any atom is 0.335 e. The van der Waals surface area contributed by atoms with Gasteiger partial charge in [0.2, 0.25) is 0 Å². The average Bonchev–Trinajstić information content (AvgIpc) is 2.34. The molecule has 0 radical (unpaired) electrons. The summed E-state index contributed by atoms with van der Waals surface area (Å²) in [5, 5.41) is 8.89. The standard InChI is InChI=1S/C13H16O4/c1-3-4-7-17-9-11-8-10(13(14)15)5-6-12(11)16-2/h3,5-6,8H,1,4,7,9H2,2H3,(H,14,15). The van der Waals surface area contributed by atoms with Crippen molar-refractivity contribution in [3.05, 3.63) is 42.0 Å². The zero-order valence-electron chi connectivity index (χ0n) is 9.81. The molecular weight excluding hydrogens is 220 g/mol. The number of carboxylic acids is 1. The van der Waals surface area contributed by atoms with Crippen molar-refractivity contribution in [1.29, 1.82) is 0 Å². The number of carboxylic acid groups (broad SMARTS) is 1. The first kappa shape index (κ1) is 13.3. The highest BCUT2D eigenvalue weighted by Crippen LogP contribution is 2.20. The van der Waals surface area contributed by atoms with E-state index in [0.717, 1.165) is 12.0 Å². The van der Waals surface area contributed by atoms with E-state index < -0.39 is 5.97 Å². The first-order valence-electron chi connectivity index (χ1n) is 5.28. The predicted octanol–water partition coefficient (Wildman–Crippen LogP) is 2.49. The monoisotopic (exact) mass is 236 g/mol. The van der Waals surface area contributed by atoms with E-state index in [-0.39, 0.29) is 5.56 Å². The fourth-order valence-corrected chi connectivity index (χ4v) is 1.37. The Morgan fingerprint density at radius 3 is 2.88 bits per heavy atom. The lowest BCUT2D eigenvalue weighted by Crippen LogP contribution is -2.02. The third kappa shape index (κ3) is 3.92. The van der Waals surface area contributed by atoms with Crippen LogP contribution >= 0.6 is 0 Å². The molecule has 0 bridgehead atoms. The highest BCUT2D eigenvalue weighted by Gasteiger charge is 2.08. The summed E-state index contributed by atoms with van der Waals surface area (Å²) in [7, 11) is 1.54. The van der Waals surface area contributed by atoms with Crippen LogP contribution in [-0.4, -0.2) is 24.8 Å². The van der Waals surface area contributed by atoms with E-state index in [4.69, 9.17) is 14.6 Å². The summed E-state index contributed by atoms with van der Waals surface area (Å²) in [5.41, 5.74) is 0.963. The second kappa shape index (κ2) is 6.70. The summed E-state index contributed by atoms with van der Waals surface area (Å²) in [4.78, 5) is 10.8. The van der Waals surface area contributed by atoms with Crippen LogP contribution < -0.4 is 4.74 Å². The highest BCUT2D eigenvalue weighted by molar-refractivity contribution is 5.88. The van der Waals surface area contributed by atoms with Crippen LogP contribution in [0.4, 0.5) is 0 Å². The lowest BCUT2D eigenvalue weighted by molar-refractivity contribution is 0.0696. The first-order chi connectivity index (χ1) is 8.19. The van der Waals surface area contributed by atoms with Gasteiger partial charge in [-0.15, -0.1) is 6.58 Å². The van der Waals surface area contributed by atoms with Crippen molar-refractivity contribution < 1.29 is 19.4 Å². The van der Waals surface area contributed by atoms with Crippen molar-refractivity contribution in [2.75, 3.05) is 13.7 Å². The fraction of sp³-hybridized carbons (Fsp3) is 0.308.